The van der Waals surface area contributed by atoms with Crippen LogP contribution in [-0.4, -0.2) is 17.7 Å². The number of rotatable bonds is 9. The summed E-state index contributed by atoms with van der Waals surface area (Å²) < 4.78 is 5.72. The summed E-state index contributed by atoms with van der Waals surface area (Å²) in [4.78, 5) is 11.0. The van der Waals surface area contributed by atoms with Crippen molar-refractivity contribution in [3.05, 3.63) is 41.5 Å². The lowest BCUT2D eigenvalue weighted by Crippen LogP contribution is -2.13. The van der Waals surface area contributed by atoms with Crippen LogP contribution in [0.25, 0.3) is 0 Å². The van der Waals surface area contributed by atoms with Gasteiger partial charge in [0, 0.05) is 0 Å². The Kier molecular flexibility index (Phi) is 8.03. The molecular formula is C22H32O3. The number of allylic oxidation sites excluding steroid dienone is 1. The first-order valence-corrected chi connectivity index (χ1v) is 9.73. The van der Waals surface area contributed by atoms with Gasteiger partial charge in [-0.25, -0.2) is 4.79 Å². The van der Waals surface area contributed by atoms with E-state index in [1.807, 2.05) is 0 Å². The van der Waals surface area contributed by atoms with Crippen LogP contribution in [0.3, 0.4) is 0 Å². The molecule has 0 aliphatic heterocycles. The van der Waals surface area contributed by atoms with Crippen molar-refractivity contribution in [3.8, 4) is 5.75 Å². The number of hydrogen-bond donors (Lipinski definition) is 1. The molecule has 1 aromatic carbocycles. The van der Waals surface area contributed by atoms with E-state index in [0.717, 1.165) is 17.2 Å². The van der Waals surface area contributed by atoms with Crippen LogP contribution in [0.1, 0.15) is 74.2 Å². The summed E-state index contributed by atoms with van der Waals surface area (Å²) >= 11 is 0. The maximum atomic E-state index is 11.0. The highest BCUT2D eigenvalue weighted by atomic mass is 16.5. The van der Waals surface area contributed by atoms with Crippen LogP contribution < -0.4 is 4.74 Å². The van der Waals surface area contributed by atoms with Gasteiger partial charge in [-0.05, 0) is 68.2 Å². The van der Waals surface area contributed by atoms with Gasteiger partial charge in [-0.15, -0.1) is 0 Å². The summed E-state index contributed by atoms with van der Waals surface area (Å²) in [5, 5.41) is 9.04. The van der Waals surface area contributed by atoms with E-state index in [4.69, 9.17) is 9.84 Å². The van der Waals surface area contributed by atoms with Crippen molar-refractivity contribution in [2.75, 3.05) is 6.61 Å². The van der Waals surface area contributed by atoms with Crippen molar-refractivity contribution < 1.29 is 14.6 Å². The van der Waals surface area contributed by atoms with Crippen LogP contribution in [0.5, 0.6) is 5.75 Å². The molecule has 1 saturated carbocycles. The zero-order valence-electron chi connectivity index (χ0n) is 15.7. The van der Waals surface area contributed by atoms with E-state index in [1.165, 1.54) is 51.4 Å². The van der Waals surface area contributed by atoms with Crippen molar-refractivity contribution in [1.29, 1.82) is 0 Å². The van der Waals surface area contributed by atoms with Gasteiger partial charge in [0.05, 0.1) is 5.56 Å². The summed E-state index contributed by atoms with van der Waals surface area (Å²) in [5.74, 6) is 1.48. The molecule has 1 fully saturated rings. The largest absolute Gasteiger partial charge is 0.490 e. The van der Waals surface area contributed by atoms with Crippen molar-refractivity contribution in [2.24, 2.45) is 11.8 Å². The van der Waals surface area contributed by atoms with Gasteiger partial charge >= 0.3 is 5.97 Å². The minimum Gasteiger partial charge on any atom is -0.490 e. The Balaban J connectivity index is 1.68. The molecule has 0 amide bonds. The fourth-order valence-electron chi connectivity index (χ4n) is 3.71. The highest BCUT2D eigenvalue weighted by molar-refractivity contribution is 5.89. The molecule has 3 nitrogen and oxygen atoms in total. The van der Waals surface area contributed by atoms with Gasteiger partial charge in [0.15, 0.2) is 0 Å². The SMILES string of the molecule is CCCCCC1CCC(/C=C/COc2ccc(C(=O)O)c(C)c2)CC1. The third-order valence-corrected chi connectivity index (χ3v) is 5.29. The van der Waals surface area contributed by atoms with Crippen LogP contribution in [0.15, 0.2) is 30.4 Å². The van der Waals surface area contributed by atoms with Gasteiger partial charge in [-0.3, -0.25) is 0 Å². The fourth-order valence-corrected chi connectivity index (χ4v) is 3.71. The molecule has 0 saturated heterocycles. The number of aryl methyl sites for hydroxylation is 1. The van der Waals surface area contributed by atoms with Crippen molar-refractivity contribution in [1.82, 2.24) is 0 Å². The van der Waals surface area contributed by atoms with Gasteiger partial charge < -0.3 is 9.84 Å². The molecule has 0 spiro atoms. The molecule has 1 aliphatic carbocycles. The summed E-state index contributed by atoms with van der Waals surface area (Å²) in [5.41, 5.74) is 1.06. The van der Waals surface area contributed by atoms with E-state index in [9.17, 15) is 4.79 Å². The van der Waals surface area contributed by atoms with Gasteiger partial charge in [0.2, 0.25) is 0 Å². The van der Waals surface area contributed by atoms with E-state index >= 15 is 0 Å². The Labute approximate surface area is 152 Å². The number of aromatic carboxylic acids is 1. The van der Waals surface area contributed by atoms with Crippen LogP contribution in [-0.2, 0) is 0 Å². The maximum absolute atomic E-state index is 11.0. The van der Waals surface area contributed by atoms with Crippen LogP contribution >= 0.6 is 0 Å². The molecule has 0 radical (unpaired) electrons. The predicted molar refractivity (Wildman–Crippen MR) is 102 cm³/mol. The Hall–Kier alpha value is -1.77. The second-order valence-corrected chi connectivity index (χ2v) is 7.30. The maximum Gasteiger partial charge on any atom is 0.335 e. The average Bonchev–Trinajstić information content (AvgIpc) is 2.60. The number of carboxylic acids is 1. The normalized spacial score (nSPS) is 20.7. The number of unbranched alkanes of at least 4 members (excludes halogenated alkanes) is 2. The van der Waals surface area contributed by atoms with E-state index in [1.54, 1.807) is 25.1 Å². The lowest BCUT2D eigenvalue weighted by molar-refractivity contribution is 0.0696. The first-order chi connectivity index (χ1) is 12.1. The van der Waals surface area contributed by atoms with Gasteiger partial charge in [0.1, 0.15) is 12.4 Å². The quantitative estimate of drug-likeness (QED) is 0.440. The molecule has 0 bridgehead atoms. The first-order valence-electron chi connectivity index (χ1n) is 9.73. The topological polar surface area (TPSA) is 46.5 Å². The number of carboxylic acid groups (broad SMARTS) is 1. The summed E-state index contributed by atoms with van der Waals surface area (Å²) in [7, 11) is 0. The van der Waals surface area contributed by atoms with E-state index in [-0.39, 0.29) is 0 Å². The third-order valence-electron chi connectivity index (χ3n) is 5.29. The molecule has 1 aromatic rings. The Morgan fingerprint density at radius 1 is 1.24 bits per heavy atom. The number of hydrogen-bond acceptors (Lipinski definition) is 2. The molecule has 25 heavy (non-hydrogen) atoms. The molecule has 0 aromatic heterocycles. The molecule has 1 aliphatic rings. The van der Waals surface area contributed by atoms with Gasteiger partial charge in [-0.1, -0.05) is 44.8 Å². The molecule has 1 N–H and O–H groups in total. The van der Waals surface area contributed by atoms with E-state index < -0.39 is 5.97 Å². The number of benzene rings is 1. The lowest BCUT2D eigenvalue weighted by atomic mass is 9.79. The van der Waals surface area contributed by atoms with Crippen molar-refractivity contribution in [3.63, 3.8) is 0 Å². The minimum absolute atomic E-state index is 0.332. The standard InChI is InChI=1S/C22H32O3/c1-3-4-5-7-18-9-11-19(12-10-18)8-6-15-25-20-13-14-21(22(23)24)17(2)16-20/h6,8,13-14,16,18-19H,3-5,7,9-12,15H2,1-2H3,(H,23,24)/b8-6+. The summed E-state index contributed by atoms with van der Waals surface area (Å²) in [6, 6.07) is 5.13. The number of carbonyl (C=O) groups is 1. The Morgan fingerprint density at radius 3 is 2.64 bits per heavy atom. The summed E-state index contributed by atoms with van der Waals surface area (Å²) in [6.07, 6.45) is 15.3. The monoisotopic (exact) mass is 344 g/mol. The zero-order chi connectivity index (χ0) is 18.1. The highest BCUT2D eigenvalue weighted by Gasteiger charge is 2.18. The van der Waals surface area contributed by atoms with Crippen LogP contribution in [0.2, 0.25) is 0 Å². The van der Waals surface area contributed by atoms with Gasteiger partial charge in [-0.2, -0.15) is 0 Å². The molecule has 2 rings (SSSR count). The molecular weight excluding hydrogens is 312 g/mol. The zero-order valence-corrected chi connectivity index (χ0v) is 15.7. The number of ether oxygens (including phenoxy) is 1. The molecule has 138 valence electrons. The molecule has 0 heterocycles. The van der Waals surface area contributed by atoms with Crippen LogP contribution in [0.4, 0.5) is 0 Å². The third kappa shape index (κ3) is 6.56. The fraction of sp³-hybridized carbons (Fsp3) is 0.591. The van der Waals surface area contributed by atoms with E-state index in [2.05, 4.69) is 19.1 Å². The average molecular weight is 344 g/mol. The minimum atomic E-state index is -0.894. The van der Waals surface area contributed by atoms with Crippen molar-refractivity contribution >= 4 is 5.97 Å². The Bertz CT molecular complexity index is 569. The Morgan fingerprint density at radius 2 is 2.00 bits per heavy atom. The molecule has 0 atom stereocenters. The smallest absolute Gasteiger partial charge is 0.335 e. The van der Waals surface area contributed by atoms with Crippen LogP contribution in [0, 0.1) is 18.8 Å². The lowest BCUT2D eigenvalue weighted by Gasteiger charge is -2.26. The van der Waals surface area contributed by atoms with E-state index in [0.29, 0.717) is 18.1 Å². The van der Waals surface area contributed by atoms with Gasteiger partial charge in [0.25, 0.3) is 0 Å². The summed E-state index contributed by atoms with van der Waals surface area (Å²) in [6.45, 7) is 4.61. The molecule has 3 heteroatoms. The first kappa shape index (κ1) is 19.6. The van der Waals surface area contributed by atoms with Crippen molar-refractivity contribution in [2.45, 2.75) is 65.2 Å². The second kappa shape index (κ2) is 10.3. The highest BCUT2D eigenvalue weighted by Crippen LogP contribution is 2.32. The predicted octanol–water partition coefficient (Wildman–Crippen LogP) is 6.01. The molecule has 0 unspecified atom stereocenters. The second-order valence-electron chi connectivity index (χ2n) is 7.30.